The first kappa shape index (κ1) is 59.0. The van der Waals surface area contributed by atoms with E-state index in [1.54, 1.807) is 78.9 Å². The summed E-state index contributed by atoms with van der Waals surface area (Å²) in [6.45, 7) is 40.4. The summed E-state index contributed by atoms with van der Waals surface area (Å²) in [4.78, 5) is 34.4. The number of nitrogens with zero attached hydrogens (tertiary/aromatic N) is 14. The average Bonchev–Trinajstić information content (AvgIpc) is 1.55. The van der Waals surface area contributed by atoms with E-state index in [4.69, 9.17) is 47.8 Å². The maximum atomic E-state index is 10.2. The molecule has 0 bridgehead atoms. The van der Waals surface area contributed by atoms with Gasteiger partial charge in [0, 0.05) is 54.9 Å². The molecule has 0 amide bonds. The Bertz CT molecular complexity index is 5920. The minimum Gasteiger partial charge on any atom is -0.309 e. The van der Waals surface area contributed by atoms with Crippen LogP contribution in [0.15, 0.2) is 243 Å². The quantitative estimate of drug-likeness (QED) is 0.123. The maximum absolute atomic E-state index is 10.2. The summed E-state index contributed by atoms with van der Waals surface area (Å²) < 4.78 is 4.35. The molecule has 0 atom stereocenters. The smallest absolute Gasteiger partial charge is 0.189 e. The Balaban J connectivity index is 1.05. The van der Waals surface area contributed by atoms with Crippen molar-refractivity contribution in [3.63, 3.8) is 0 Å². The van der Waals surface area contributed by atoms with Crippen molar-refractivity contribution in [2.24, 2.45) is 0 Å². The van der Waals surface area contributed by atoms with Crippen LogP contribution in [0.3, 0.4) is 0 Å². The van der Waals surface area contributed by atoms with Crippen molar-refractivity contribution >= 4 is 72.0 Å². The van der Waals surface area contributed by atoms with Crippen molar-refractivity contribution in [1.82, 2.24) is 24.1 Å². The molecule has 0 aliphatic rings. The number of rotatable bonds is 10. The van der Waals surface area contributed by atoms with Crippen molar-refractivity contribution in [3.8, 4) is 125 Å². The van der Waals surface area contributed by atoms with Crippen molar-refractivity contribution < 1.29 is 0 Å². The average molecular weight is 1250 g/mol. The van der Waals surface area contributed by atoms with Gasteiger partial charge in [0.15, 0.2) is 45.9 Å². The summed E-state index contributed by atoms with van der Waals surface area (Å²) in [7, 11) is 0. The topological polar surface area (TPSA) is 165 Å². The molecule has 0 fully saturated rings. The van der Waals surface area contributed by atoms with Gasteiger partial charge in [0.25, 0.3) is 0 Å². The van der Waals surface area contributed by atoms with Gasteiger partial charge in [-0.15, -0.1) is 0 Å². The van der Waals surface area contributed by atoms with Crippen molar-refractivity contribution in [2.75, 3.05) is 0 Å². The maximum Gasteiger partial charge on any atom is 0.189 e. The second-order valence-electron chi connectivity index (χ2n) is 23.2. The second-order valence-corrected chi connectivity index (χ2v) is 23.2. The Labute approximate surface area is 561 Å². The molecule has 0 saturated carbocycles. The number of hydrogen-bond acceptors (Lipinski definition) is 7. The third-order valence-electron chi connectivity index (χ3n) is 17.4. The van der Waals surface area contributed by atoms with Crippen molar-refractivity contribution in [1.29, 1.82) is 21.0 Å². The van der Waals surface area contributed by atoms with Gasteiger partial charge in [0.1, 0.15) is 0 Å². The lowest BCUT2D eigenvalue weighted by Gasteiger charge is -2.20. The van der Waals surface area contributed by atoms with Crippen LogP contribution in [0.2, 0.25) is 0 Å². The zero-order valence-electron chi connectivity index (χ0n) is 51.4. The fourth-order valence-electron chi connectivity index (χ4n) is 12.9. The third kappa shape index (κ3) is 10.5. The summed E-state index contributed by atoms with van der Waals surface area (Å²) in [6.07, 6.45) is 0. The predicted molar refractivity (Wildman–Crippen MR) is 382 cm³/mol. The standard InChI is InChI=1S/C84H40N14/c1-89-65-21-27-81(98-78-22-16-56(61-29-50(46-85)28-51(30-61)47-86)39-70(78)71-40-58(18-24-79(71)98)63-32-53(49-88)34-67(36-63)91-3)75(45-65)74-43-60(84-95-82(54-12-8-6-9-13-54)94-83(96-84)55-14-10-7-11-15-55)20-26-80(74)97-76-23-17-57(62-31-52(48-87)33-66(35-62)90-2)41-72(76)73-42-59(19-25-77(73)97)64-37-68(92-4)44-69(38-64)93-5/h6-45H. The van der Waals surface area contributed by atoms with Crippen LogP contribution in [0.5, 0.6) is 0 Å². The minimum atomic E-state index is 0.313. The Morgan fingerprint density at radius 1 is 0.255 bits per heavy atom. The highest BCUT2D eigenvalue weighted by Gasteiger charge is 2.25. The summed E-state index contributed by atoms with van der Waals surface area (Å²) >= 11 is 0. The predicted octanol–water partition coefficient (Wildman–Crippen LogP) is 21.6. The minimum absolute atomic E-state index is 0.313. The second kappa shape index (κ2) is 24.4. The molecule has 0 aliphatic carbocycles. The normalized spacial score (nSPS) is 10.8. The third-order valence-corrected chi connectivity index (χ3v) is 17.4. The van der Waals surface area contributed by atoms with Gasteiger partial charge in [0.05, 0.1) is 102 Å². The van der Waals surface area contributed by atoms with E-state index in [0.717, 1.165) is 77.0 Å². The molecule has 446 valence electrons. The van der Waals surface area contributed by atoms with Gasteiger partial charge in [-0.25, -0.2) is 39.2 Å². The molecule has 15 rings (SSSR count). The fraction of sp³-hybridized carbons (Fsp3) is 0. The zero-order chi connectivity index (χ0) is 67.1. The van der Waals surface area contributed by atoms with E-state index in [0.29, 0.717) is 118 Å². The number of fused-ring (bicyclic) bond motifs is 6. The number of benzene rings is 12. The van der Waals surface area contributed by atoms with Crippen molar-refractivity contribution in [2.45, 2.75) is 0 Å². The fourth-order valence-corrected chi connectivity index (χ4v) is 12.9. The molecular weight excluding hydrogens is 1210 g/mol. The first-order valence-corrected chi connectivity index (χ1v) is 30.5. The van der Waals surface area contributed by atoms with Gasteiger partial charge in [-0.1, -0.05) is 109 Å². The Morgan fingerprint density at radius 3 is 0.949 bits per heavy atom. The molecule has 14 heteroatoms. The van der Waals surface area contributed by atoms with Crippen LogP contribution >= 0.6 is 0 Å². The first-order valence-electron chi connectivity index (χ1n) is 30.5. The summed E-state index contributed by atoms with van der Waals surface area (Å²) in [5, 5.41) is 43.8. The van der Waals surface area contributed by atoms with E-state index in [1.165, 1.54) is 0 Å². The Hall–Kier alpha value is -15.3. The van der Waals surface area contributed by atoms with Gasteiger partial charge >= 0.3 is 0 Å². The zero-order valence-corrected chi connectivity index (χ0v) is 51.4. The molecule has 15 aromatic rings. The van der Waals surface area contributed by atoms with Crippen LogP contribution in [0.1, 0.15) is 22.3 Å². The van der Waals surface area contributed by atoms with E-state index >= 15 is 0 Å². The molecule has 0 aliphatic heterocycles. The van der Waals surface area contributed by atoms with E-state index in [2.05, 4.69) is 75.8 Å². The van der Waals surface area contributed by atoms with E-state index < -0.39 is 0 Å². The van der Waals surface area contributed by atoms with Gasteiger partial charge < -0.3 is 9.13 Å². The summed E-state index contributed by atoms with van der Waals surface area (Å²) in [5.74, 6) is 1.29. The Kier molecular flexibility index (Phi) is 14.7. The van der Waals surface area contributed by atoms with E-state index in [-0.39, 0.29) is 0 Å². The van der Waals surface area contributed by atoms with Gasteiger partial charge in [-0.2, -0.15) is 21.0 Å². The van der Waals surface area contributed by atoms with Crippen molar-refractivity contribution in [3.05, 3.63) is 322 Å². The van der Waals surface area contributed by atoms with Gasteiger partial charge in [-0.05, 0) is 184 Å². The van der Waals surface area contributed by atoms with Crippen LogP contribution in [0.25, 0.3) is 169 Å². The summed E-state index contributed by atoms with van der Waals surface area (Å²) in [6, 6.07) is 84.5. The first-order chi connectivity index (χ1) is 48.0. The number of nitriles is 4. The number of aromatic nitrogens is 5. The number of hydrogen-bond donors (Lipinski definition) is 0. The van der Waals surface area contributed by atoms with E-state index in [9.17, 15) is 21.0 Å². The molecule has 98 heavy (non-hydrogen) atoms. The monoisotopic (exact) mass is 1240 g/mol. The molecule has 0 radical (unpaired) electrons. The van der Waals surface area contributed by atoms with Gasteiger partial charge in [-0.3, -0.25) is 0 Å². The van der Waals surface area contributed by atoms with Gasteiger partial charge in [0.2, 0.25) is 0 Å². The van der Waals surface area contributed by atoms with E-state index in [1.807, 2.05) is 146 Å². The molecule has 0 spiro atoms. The lowest BCUT2D eigenvalue weighted by molar-refractivity contribution is 1.07. The van der Waals surface area contributed by atoms with Crippen LogP contribution in [0, 0.1) is 78.2 Å². The lowest BCUT2D eigenvalue weighted by atomic mass is 9.97. The molecule has 12 aromatic carbocycles. The van der Waals surface area contributed by atoms with Crippen LogP contribution < -0.4 is 0 Å². The molecular formula is C84H40N14. The highest BCUT2D eigenvalue weighted by Crippen LogP contribution is 2.47. The largest absolute Gasteiger partial charge is 0.309 e. The lowest BCUT2D eigenvalue weighted by Crippen LogP contribution is -2.03. The molecule has 0 saturated heterocycles. The molecule has 3 aromatic heterocycles. The highest BCUT2D eigenvalue weighted by molar-refractivity contribution is 6.14. The molecule has 0 N–H and O–H groups in total. The SMILES string of the molecule is [C-]#[N+]c1cc(C#N)cc(-c2ccc3c(c2)c2cc(-c4cc(C#N)cc(C#N)c4)ccc2n3-c2ccc([N+]#[C-])cc2-c2cc(-c3nc(-c4ccccc4)nc(-c4ccccc4)n3)ccc2-n2c3ccc(-c4cc(C#N)cc([N+]#[C-])c4)cc3c3cc(-c4cc([N+]#[C-])cc([N+]#[C-])c4)ccc32)c1. The van der Waals surface area contributed by atoms with Crippen LogP contribution in [-0.4, -0.2) is 24.1 Å². The van der Waals surface area contributed by atoms with Crippen LogP contribution in [0.4, 0.5) is 28.4 Å². The Morgan fingerprint density at radius 2 is 0.571 bits per heavy atom. The molecule has 14 nitrogen and oxygen atoms in total. The van der Waals surface area contributed by atoms with Crippen LogP contribution in [-0.2, 0) is 0 Å². The summed E-state index contributed by atoms with van der Waals surface area (Å²) in [5.41, 5.74) is 16.5. The highest BCUT2D eigenvalue weighted by atomic mass is 15.0. The molecule has 3 heterocycles. The molecule has 0 unspecified atom stereocenters.